The Morgan fingerprint density at radius 3 is 2.53 bits per heavy atom. The molecule has 2 fully saturated rings. The lowest BCUT2D eigenvalue weighted by Crippen LogP contribution is -2.47. The summed E-state index contributed by atoms with van der Waals surface area (Å²) in [4.78, 5) is 0. The second-order valence-electron chi connectivity index (χ2n) is 7.96. The van der Waals surface area contributed by atoms with Crippen LogP contribution >= 0.6 is 0 Å². The zero-order chi connectivity index (χ0) is 12.7. The van der Waals surface area contributed by atoms with Gasteiger partial charge in [-0.1, -0.05) is 34.6 Å². The van der Waals surface area contributed by atoms with Gasteiger partial charge in [-0.05, 0) is 67.4 Å². The monoisotopic (exact) mass is 237 g/mol. The highest BCUT2D eigenvalue weighted by Gasteiger charge is 2.52. The van der Waals surface area contributed by atoms with E-state index in [4.69, 9.17) is 0 Å². The van der Waals surface area contributed by atoms with Gasteiger partial charge in [-0.3, -0.25) is 0 Å². The van der Waals surface area contributed by atoms with Crippen molar-refractivity contribution in [2.45, 2.75) is 60.3 Å². The highest BCUT2D eigenvalue weighted by atomic mass is 14.9. The van der Waals surface area contributed by atoms with E-state index in [1.54, 1.807) is 0 Å². The third kappa shape index (κ3) is 2.54. The molecule has 1 aliphatic carbocycles. The molecule has 1 saturated carbocycles. The molecule has 1 spiro atoms. The number of hydrogen-bond donors (Lipinski definition) is 1. The first-order valence-electron chi connectivity index (χ1n) is 7.56. The number of hydrogen-bond acceptors (Lipinski definition) is 1. The topological polar surface area (TPSA) is 12.0 Å². The molecule has 3 unspecified atom stereocenters. The van der Waals surface area contributed by atoms with Gasteiger partial charge in [0.2, 0.25) is 0 Å². The molecule has 2 rings (SSSR count). The van der Waals surface area contributed by atoms with Crippen LogP contribution in [-0.2, 0) is 0 Å². The molecule has 3 atom stereocenters. The highest BCUT2D eigenvalue weighted by molar-refractivity contribution is 5.03. The van der Waals surface area contributed by atoms with Crippen LogP contribution in [0.5, 0.6) is 0 Å². The first-order chi connectivity index (χ1) is 7.86. The Kier molecular flexibility index (Phi) is 3.60. The molecule has 1 heterocycles. The van der Waals surface area contributed by atoms with Gasteiger partial charge in [0.25, 0.3) is 0 Å². The van der Waals surface area contributed by atoms with Crippen molar-refractivity contribution in [1.29, 1.82) is 0 Å². The second-order valence-corrected chi connectivity index (χ2v) is 7.96. The van der Waals surface area contributed by atoms with E-state index in [0.717, 1.165) is 17.8 Å². The summed E-state index contributed by atoms with van der Waals surface area (Å²) in [5.41, 5.74) is 1.23. The molecular weight excluding hydrogens is 206 g/mol. The number of rotatable bonds is 2. The van der Waals surface area contributed by atoms with E-state index in [9.17, 15) is 0 Å². The van der Waals surface area contributed by atoms with Crippen LogP contribution in [0, 0.1) is 28.6 Å². The molecule has 0 bridgehead atoms. The third-order valence-corrected chi connectivity index (χ3v) is 5.37. The van der Waals surface area contributed by atoms with Gasteiger partial charge < -0.3 is 5.32 Å². The van der Waals surface area contributed by atoms with E-state index in [1.165, 1.54) is 38.8 Å². The SMILES string of the molecule is CC(C)CC1CNCCC12CC(C)(C)CC2C. The van der Waals surface area contributed by atoms with Gasteiger partial charge in [0.1, 0.15) is 0 Å². The average Bonchev–Trinajstić information content (AvgIpc) is 2.40. The summed E-state index contributed by atoms with van der Waals surface area (Å²) >= 11 is 0. The average molecular weight is 237 g/mol. The fourth-order valence-corrected chi connectivity index (χ4v) is 4.94. The predicted octanol–water partition coefficient (Wildman–Crippen LogP) is 4.08. The number of piperidine rings is 1. The van der Waals surface area contributed by atoms with Crippen molar-refractivity contribution < 1.29 is 0 Å². The Bertz CT molecular complexity index is 269. The molecule has 0 radical (unpaired) electrons. The molecule has 17 heavy (non-hydrogen) atoms. The van der Waals surface area contributed by atoms with Crippen LogP contribution < -0.4 is 5.32 Å². The van der Waals surface area contributed by atoms with E-state index in [-0.39, 0.29) is 0 Å². The van der Waals surface area contributed by atoms with Crippen LogP contribution in [0.2, 0.25) is 0 Å². The molecule has 0 aromatic carbocycles. The Morgan fingerprint density at radius 1 is 1.29 bits per heavy atom. The van der Waals surface area contributed by atoms with Crippen molar-refractivity contribution in [3.05, 3.63) is 0 Å². The highest BCUT2D eigenvalue weighted by Crippen LogP contribution is 2.60. The molecular formula is C16H31N. The Labute approximate surface area is 108 Å². The molecule has 0 aromatic rings. The lowest BCUT2D eigenvalue weighted by molar-refractivity contribution is 0.0479. The largest absolute Gasteiger partial charge is 0.316 e. The van der Waals surface area contributed by atoms with Gasteiger partial charge in [-0.2, -0.15) is 0 Å². The van der Waals surface area contributed by atoms with Crippen molar-refractivity contribution in [3.8, 4) is 0 Å². The van der Waals surface area contributed by atoms with Gasteiger partial charge in [-0.15, -0.1) is 0 Å². The molecule has 2 aliphatic rings. The van der Waals surface area contributed by atoms with Crippen LogP contribution in [-0.4, -0.2) is 13.1 Å². The van der Waals surface area contributed by atoms with E-state index >= 15 is 0 Å². The van der Waals surface area contributed by atoms with Crippen molar-refractivity contribution in [2.24, 2.45) is 28.6 Å². The molecule has 100 valence electrons. The fourth-order valence-electron chi connectivity index (χ4n) is 4.94. The lowest BCUT2D eigenvalue weighted by Gasteiger charge is -2.46. The summed E-state index contributed by atoms with van der Waals surface area (Å²) in [6, 6.07) is 0. The molecule has 1 aliphatic heterocycles. The van der Waals surface area contributed by atoms with Crippen LogP contribution in [0.4, 0.5) is 0 Å². The maximum absolute atomic E-state index is 3.64. The summed E-state index contributed by atoms with van der Waals surface area (Å²) < 4.78 is 0. The van der Waals surface area contributed by atoms with Gasteiger partial charge in [0, 0.05) is 0 Å². The van der Waals surface area contributed by atoms with E-state index in [0.29, 0.717) is 10.8 Å². The van der Waals surface area contributed by atoms with Crippen molar-refractivity contribution in [2.75, 3.05) is 13.1 Å². The Hall–Kier alpha value is -0.0400. The molecule has 1 heteroatoms. The minimum Gasteiger partial charge on any atom is -0.316 e. The zero-order valence-corrected chi connectivity index (χ0v) is 12.5. The standard InChI is InChI=1S/C16H31N/c1-12(2)8-14-10-17-7-6-16(14)11-15(4,5)9-13(16)3/h12-14,17H,6-11H2,1-5H3. The first kappa shape index (κ1) is 13.4. The summed E-state index contributed by atoms with van der Waals surface area (Å²) in [7, 11) is 0. The third-order valence-electron chi connectivity index (χ3n) is 5.37. The molecule has 1 saturated heterocycles. The quantitative estimate of drug-likeness (QED) is 0.763. The normalized spacial score (nSPS) is 41.3. The number of nitrogens with one attached hydrogen (secondary N) is 1. The Balaban J connectivity index is 2.19. The summed E-state index contributed by atoms with van der Waals surface area (Å²) in [6.45, 7) is 14.8. The lowest BCUT2D eigenvalue weighted by atomic mass is 9.62. The van der Waals surface area contributed by atoms with Crippen LogP contribution in [0.15, 0.2) is 0 Å². The Morgan fingerprint density at radius 2 is 2.00 bits per heavy atom. The van der Waals surface area contributed by atoms with E-state index in [2.05, 4.69) is 39.9 Å². The van der Waals surface area contributed by atoms with Gasteiger partial charge in [-0.25, -0.2) is 0 Å². The molecule has 1 N–H and O–H groups in total. The zero-order valence-electron chi connectivity index (χ0n) is 12.5. The van der Waals surface area contributed by atoms with Crippen molar-refractivity contribution >= 4 is 0 Å². The first-order valence-corrected chi connectivity index (χ1v) is 7.56. The van der Waals surface area contributed by atoms with E-state index in [1.807, 2.05) is 0 Å². The maximum atomic E-state index is 3.64. The van der Waals surface area contributed by atoms with Crippen molar-refractivity contribution in [1.82, 2.24) is 5.32 Å². The second kappa shape index (κ2) is 4.57. The summed E-state index contributed by atoms with van der Waals surface area (Å²) in [5.74, 6) is 2.67. The molecule has 0 amide bonds. The van der Waals surface area contributed by atoms with Gasteiger partial charge >= 0.3 is 0 Å². The van der Waals surface area contributed by atoms with Gasteiger partial charge in [0.05, 0.1) is 0 Å². The van der Waals surface area contributed by atoms with Crippen molar-refractivity contribution in [3.63, 3.8) is 0 Å². The minimum absolute atomic E-state index is 0.575. The maximum Gasteiger partial charge on any atom is -0.00150 e. The molecule has 1 nitrogen and oxygen atoms in total. The van der Waals surface area contributed by atoms with Crippen LogP contribution in [0.3, 0.4) is 0 Å². The predicted molar refractivity (Wildman–Crippen MR) is 75.0 cm³/mol. The fraction of sp³-hybridized carbons (Fsp3) is 1.00. The van der Waals surface area contributed by atoms with Crippen LogP contribution in [0.1, 0.15) is 60.3 Å². The van der Waals surface area contributed by atoms with E-state index < -0.39 is 0 Å². The smallest absolute Gasteiger partial charge is 0.00150 e. The summed E-state index contributed by atoms with van der Waals surface area (Å²) in [5, 5.41) is 3.64. The van der Waals surface area contributed by atoms with Crippen LogP contribution in [0.25, 0.3) is 0 Å². The van der Waals surface area contributed by atoms with Gasteiger partial charge in [0.15, 0.2) is 0 Å². The molecule has 0 aromatic heterocycles. The minimum atomic E-state index is 0.575. The summed E-state index contributed by atoms with van der Waals surface area (Å²) in [6.07, 6.45) is 5.71.